The van der Waals surface area contributed by atoms with Gasteiger partial charge in [0.1, 0.15) is 0 Å². The lowest BCUT2D eigenvalue weighted by Crippen LogP contribution is -2.50. The molecule has 0 aliphatic carbocycles. The molecule has 2 heterocycles. The normalized spacial score (nSPS) is 14.9. The molecular formula is C21H20ClN5O5S. The molecule has 10 nitrogen and oxygen atoms in total. The van der Waals surface area contributed by atoms with Crippen molar-refractivity contribution in [1.29, 1.82) is 0 Å². The van der Waals surface area contributed by atoms with Crippen LogP contribution in [0.15, 0.2) is 59.6 Å². The highest BCUT2D eigenvalue weighted by molar-refractivity contribution is 7.89. The number of benzene rings is 2. The van der Waals surface area contributed by atoms with Crippen molar-refractivity contribution in [3.63, 3.8) is 0 Å². The third-order valence-corrected chi connectivity index (χ3v) is 7.68. The van der Waals surface area contributed by atoms with Crippen molar-refractivity contribution in [1.82, 2.24) is 19.0 Å². The number of sulfonamides is 1. The van der Waals surface area contributed by atoms with Gasteiger partial charge < -0.3 is 4.90 Å². The predicted octanol–water partition coefficient (Wildman–Crippen LogP) is 2.89. The molecule has 1 saturated heterocycles. The van der Waals surface area contributed by atoms with Crippen LogP contribution in [-0.2, 0) is 10.0 Å². The molecule has 0 spiro atoms. The van der Waals surface area contributed by atoms with Crippen molar-refractivity contribution in [2.75, 3.05) is 26.2 Å². The minimum absolute atomic E-state index is 0.0746. The molecule has 4 rings (SSSR count). The third-order valence-electron chi connectivity index (χ3n) is 5.41. The molecule has 0 atom stereocenters. The largest absolute Gasteiger partial charge is 0.335 e. The summed E-state index contributed by atoms with van der Waals surface area (Å²) in [7, 11) is -3.94. The lowest BCUT2D eigenvalue weighted by atomic mass is 10.2. The van der Waals surface area contributed by atoms with E-state index < -0.39 is 14.9 Å². The number of aryl methyl sites for hydroxylation is 1. The van der Waals surface area contributed by atoms with Crippen LogP contribution >= 0.6 is 11.6 Å². The van der Waals surface area contributed by atoms with Gasteiger partial charge in [0, 0.05) is 49.5 Å². The summed E-state index contributed by atoms with van der Waals surface area (Å²) in [5.41, 5.74) is 1.08. The Morgan fingerprint density at radius 2 is 1.82 bits per heavy atom. The van der Waals surface area contributed by atoms with E-state index in [0.29, 0.717) is 16.3 Å². The Kier molecular flexibility index (Phi) is 6.19. The first-order valence-corrected chi connectivity index (χ1v) is 11.8. The fraction of sp³-hybridized carbons (Fsp3) is 0.238. The van der Waals surface area contributed by atoms with Crippen LogP contribution in [-0.4, -0.2) is 64.4 Å². The number of nitro benzene ring substituents is 1. The molecule has 172 valence electrons. The number of carbonyl (C=O) groups is 1. The van der Waals surface area contributed by atoms with Gasteiger partial charge in [-0.15, -0.1) is 0 Å². The zero-order chi connectivity index (χ0) is 23.8. The minimum atomic E-state index is -3.94. The standard InChI is InChI=1S/C21H20ClN5O5S/c1-15-5-6-18(27(29)30)14-20(15)33(31,32)25-11-9-24(10-12-25)21(28)19-7-8-26(23-19)17-4-2-3-16(22)13-17/h2-8,13-14H,9-12H2,1H3. The molecule has 12 heteroatoms. The van der Waals surface area contributed by atoms with Crippen LogP contribution in [0.4, 0.5) is 5.69 Å². The molecule has 2 aromatic carbocycles. The van der Waals surface area contributed by atoms with E-state index in [1.54, 1.807) is 42.1 Å². The van der Waals surface area contributed by atoms with E-state index in [9.17, 15) is 23.3 Å². The maximum atomic E-state index is 13.1. The van der Waals surface area contributed by atoms with Crippen LogP contribution < -0.4 is 0 Å². The molecule has 1 amide bonds. The van der Waals surface area contributed by atoms with Gasteiger partial charge in [0.25, 0.3) is 11.6 Å². The van der Waals surface area contributed by atoms with E-state index in [1.807, 2.05) is 6.07 Å². The highest BCUT2D eigenvalue weighted by atomic mass is 35.5. The topological polar surface area (TPSA) is 119 Å². The first-order valence-electron chi connectivity index (χ1n) is 10.0. The quantitative estimate of drug-likeness (QED) is 0.401. The first-order chi connectivity index (χ1) is 15.7. The van der Waals surface area contributed by atoms with Gasteiger partial charge in [-0.05, 0) is 36.8 Å². The number of non-ortho nitro benzene ring substituents is 1. The van der Waals surface area contributed by atoms with Crippen LogP contribution in [0, 0.1) is 17.0 Å². The second-order valence-electron chi connectivity index (χ2n) is 7.53. The van der Waals surface area contributed by atoms with Gasteiger partial charge in [0.05, 0.1) is 15.5 Å². The van der Waals surface area contributed by atoms with Gasteiger partial charge in [0.2, 0.25) is 10.0 Å². The van der Waals surface area contributed by atoms with Crippen LogP contribution in [0.2, 0.25) is 5.02 Å². The van der Waals surface area contributed by atoms with Crippen molar-refractivity contribution < 1.29 is 18.1 Å². The smallest absolute Gasteiger partial charge is 0.274 e. The van der Waals surface area contributed by atoms with E-state index in [4.69, 9.17) is 11.6 Å². The van der Waals surface area contributed by atoms with Crippen LogP contribution in [0.5, 0.6) is 0 Å². The van der Waals surface area contributed by atoms with Gasteiger partial charge in [-0.2, -0.15) is 9.40 Å². The molecule has 0 radical (unpaired) electrons. The Labute approximate surface area is 195 Å². The molecule has 33 heavy (non-hydrogen) atoms. The lowest BCUT2D eigenvalue weighted by molar-refractivity contribution is -0.385. The molecular weight excluding hydrogens is 470 g/mol. The molecule has 0 N–H and O–H groups in total. The fourth-order valence-electron chi connectivity index (χ4n) is 3.61. The average molecular weight is 490 g/mol. The molecule has 0 bridgehead atoms. The number of halogens is 1. The Morgan fingerprint density at radius 1 is 1.09 bits per heavy atom. The number of rotatable bonds is 5. The molecule has 1 aliphatic rings. The number of nitro groups is 1. The van der Waals surface area contributed by atoms with E-state index in [-0.39, 0.29) is 48.4 Å². The van der Waals surface area contributed by atoms with E-state index in [1.165, 1.54) is 21.3 Å². The summed E-state index contributed by atoms with van der Waals surface area (Å²) in [5, 5.41) is 15.9. The van der Waals surface area contributed by atoms with E-state index in [2.05, 4.69) is 5.10 Å². The number of amides is 1. The molecule has 1 aliphatic heterocycles. The van der Waals surface area contributed by atoms with Gasteiger partial charge >= 0.3 is 0 Å². The molecule has 1 aromatic heterocycles. The van der Waals surface area contributed by atoms with Crippen LogP contribution in [0.25, 0.3) is 5.69 Å². The second-order valence-corrected chi connectivity index (χ2v) is 9.87. The van der Waals surface area contributed by atoms with E-state index >= 15 is 0 Å². The SMILES string of the molecule is Cc1ccc([N+](=O)[O-])cc1S(=O)(=O)N1CCN(C(=O)c2ccn(-c3cccc(Cl)c3)n2)CC1. The summed E-state index contributed by atoms with van der Waals surface area (Å²) < 4.78 is 29.0. The summed E-state index contributed by atoms with van der Waals surface area (Å²) in [4.78, 5) is 24.8. The van der Waals surface area contributed by atoms with Crippen molar-refractivity contribution in [3.8, 4) is 5.69 Å². The zero-order valence-electron chi connectivity index (χ0n) is 17.6. The summed E-state index contributed by atoms with van der Waals surface area (Å²) in [6, 6.07) is 12.4. The number of hydrogen-bond donors (Lipinski definition) is 0. The average Bonchev–Trinajstić information content (AvgIpc) is 3.29. The van der Waals surface area contributed by atoms with Crippen molar-refractivity contribution in [2.24, 2.45) is 0 Å². The summed E-state index contributed by atoms with van der Waals surface area (Å²) >= 11 is 6.01. The van der Waals surface area contributed by atoms with E-state index in [0.717, 1.165) is 6.07 Å². The van der Waals surface area contributed by atoms with Gasteiger partial charge in [-0.3, -0.25) is 14.9 Å². The molecule has 0 unspecified atom stereocenters. The maximum Gasteiger partial charge on any atom is 0.274 e. The second kappa shape index (κ2) is 8.93. The Morgan fingerprint density at radius 3 is 2.48 bits per heavy atom. The van der Waals surface area contributed by atoms with Gasteiger partial charge in [-0.25, -0.2) is 13.1 Å². The lowest BCUT2D eigenvalue weighted by Gasteiger charge is -2.33. The monoisotopic (exact) mass is 489 g/mol. The number of hydrogen-bond acceptors (Lipinski definition) is 6. The maximum absolute atomic E-state index is 13.1. The van der Waals surface area contributed by atoms with Gasteiger partial charge in [-0.1, -0.05) is 23.7 Å². The summed E-state index contributed by atoms with van der Waals surface area (Å²) in [6.07, 6.45) is 1.66. The molecule has 3 aromatic rings. The zero-order valence-corrected chi connectivity index (χ0v) is 19.2. The van der Waals surface area contributed by atoms with Crippen molar-refractivity contribution >= 4 is 33.2 Å². The van der Waals surface area contributed by atoms with Crippen LogP contribution in [0.3, 0.4) is 0 Å². The highest BCUT2D eigenvalue weighted by Gasteiger charge is 2.32. The Bertz CT molecular complexity index is 1330. The Hall–Kier alpha value is -3.28. The van der Waals surface area contributed by atoms with Crippen molar-refractivity contribution in [3.05, 3.63) is 81.1 Å². The van der Waals surface area contributed by atoms with Gasteiger partial charge in [0.15, 0.2) is 5.69 Å². The Balaban J connectivity index is 1.46. The number of piperazine rings is 1. The third kappa shape index (κ3) is 4.61. The molecule has 0 saturated carbocycles. The molecule has 1 fully saturated rings. The highest BCUT2D eigenvalue weighted by Crippen LogP contribution is 2.26. The predicted molar refractivity (Wildman–Crippen MR) is 121 cm³/mol. The van der Waals surface area contributed by atoms with Crippen molar-refractivity contribution in [2.45, 2.75) is 11.8 Å². The fourth-order valence-corrected chi connectivity index (χ4v) is 5.46. The number of nitrogens with zero attached hydrogens (tertiary/aromatic N) is 5. The van der Waals surface area contributed by atoms with Crippen LogP contribution in [0.1, 0.15) is 16.1 Å². The summed E-state index contributed by atoms with van der Waals surface area (Å²) in [6.45, 7) is 2.09. The minimum Gasteiger partial charge on any atom is -0.335 e. The number of aromatic nitrogens is 2. The first kappa shape index (κ1) is 22.9. The number of carbonyl (C=O) groups excluding carboxylic acids is 1. The summed E-state index contributed by atoms with van der Waals surface area (Å²) in [5.74, 6) is -0.306.